The van der Waals surface area contributed by atoms with Crippen LogP contribution in [0.2, 0.25) is 0 Å². The maximum Gasteiger partial charge on any atom is 0.121 e. The van der Waals surface area contributed by atoms with E-state index in [0.717, 1.165) is 17.0 Å². The van der Waals surface area contributed by atoms with Crippen molar-refractivity contribution in [2.24, 2.45) is 0 Å². The van der Waals surface area contributed by atoms with Crippen LogP contribution < -0.4 is 5.32 Å². The third kappa shape index (κ3) is 3.14. The Labute approximate surface area is 123 Å². The molecule has 2 heterocycles. The average Bonchev–Trinajstić information content (AvgIpc) is 2.95. The lowest BCUT2D eigenvalue weighted by Crippen LogP contribution is -2.22. The number of benzene rings is 1. The predicted molar refractivity (Wildman–Crippen MR) is 78.4 cm³/mol. The Morgan fingerprint density at radius 3 is 2.38 bits per heavy atom. The molecule has 1 N–H and O–H groups in total. The Bertz CT molecular complexity index is 642. The van der Waals surface area contributed by atoms with Gasteiger partial charge in [0.25, 0.3) is 0 Å². The predicted octanol–water partition coefficient (Wildman–Crippen LogP) is 2.65. The summed E-state index contributed by atoms with van der Waals surface area (Å²) in [5.41, 5.74) is 3.98. The lowest BCUT2D eigenvalue weighted by atomic mass is 9.99. The van der Waals surface area contributed by atoms with Gasteiger partial charge in [0.2, 0.25) is 0 Å². The molecular weight excluding hydrogens is 264 g/mol. The van der Waals surface area contributed by atoms with Crippen molar-refractivity contribution < 1.29 is 4.63 Å². The Morgan fingerprint density at radius 2 is 1.71 bits per heavy atom. The van der Waals surface area contributed by atoms with Gasteiger partial charge in [-0.3, -0.25) is 4.98 Å². The summed E-state index contributed by atoms with van der Waals surface area (Å²) in [7, 11) is 0. The van der Waals surface area contributed by atoms with Crippen LogP contribution in [-0.2, 0) is 6.54 Å². The van der Waals surface area contributed by atoms with Crippen molar-refractivity contribution in [2.45, 2.75) is 19.5 Å². The van der Waals surface area contributed by atoms with Gasteiger partial charge in [0, 0.05) is 18.9 Å². The largest absolute Gasteiger partial charge is 0.300 e. The zero-order chi connectivity index (χ0) is 14.5. The molecule has 1 atom stereocenters. The minimum atomic E-state index is 0.0744. The maximum absolute atomic E-state index is 4.74. The Kier molecular flexibility index (Phi) is 4.02. The second-order valence-electron chi connectivity index (χ2n) is 4.80. The highest BCUT2D eigenvalue weighted by molar-refractivity contribution is 5.30. The van der Waals surface area contributed by atoms with Gasteiger partial charge < -0.3 is 5.32 Å². The number of hydrogen-bond donors (Lipinski definition) is 1. The van der Waals surface area contributed by atoms with E-state index in [9.17, 15) is 0 Å². The summed E-state index contributed by atoms with van der Waals surface area (Å²) in [5.74, 6) is 0. The molecule has 0 spiro atoms. The van der Waals surface area contributed by atoms with Gasteiger partial charge in [0.1, 0.15) is 11.4 Å². The van der Waals surface area contributed by atoms with Crippen LogP contribution in [0.4, 0.5) is 0 Å². The molecule has 3 rings (SSSR count). The standard InChI is InChI=1S/C16H16N4O/c1-12-15(20-21-19-12)11-18-16(13-5-3-2-4-6-13)14-7-9-17-10-8-14/h2-10,16,18H,11H2,1H3. The number of nitrogens with one attached hydrogen (secondary N) is 1. The van der Waals surface area contributed by atoms with E-state index in [0.29, 0.717) is 6.54 Å². The Morgan fingerprint density at radius 1 is 1.00 bits per heavy atom. The van der Waals surface area contributed by atoms with Gasteiger partial charge in [-0.15, -0.1) is 0 Å². The molecule has 0 saturated heterocycles. The van der Waals surface area contributed by atoms with Gasteiger partial charge in [-0.2, -0.15) is 0 Å². The van der Waals surface area contributed by atoms with Crippen molar-refractivity contribution in [1.82, 2.24) is 20.6 Å². The lowest BCUT2D eigenvalue weighted by Gasteiger charge is -2.19. The van der Waals surface area contributed by atoms with Crippen molar-refractivity contribution in [1.29, 1.82) is 0 Å². The van der Waals surface area contributed by atoms with Crippen LogP contribution in [0, 0.1) is 6.92 Å². The molecule has 106 valence electrons. The van der Waals surface area contributed by atoms with E-state index >= 15 is 0 Å². The van der Waals surface area contributed by atoms with Crippen molar-refractivity contribution in [3.8, 4) is 0 Å². The summed E-state index contributed by atoms with van der Waals surface area (Å²) in [4.78, 5) is 4.08. The van der Waals surface area contributed by atoms with Crippen molar-refractivity contribution in [3.05, 3.63) is 77.4 Å². The smallest absolute Gasteiger partial charge is 0.121 e. The lowest BCUT2D eigenvalue weighted by molar-refractivity contribution is 0.300. The first-order chi connectivity index (χ1) is 10.3. The molecule has 0 saturated carbocycles. The van der Waals surface area contributed by atoms with Crippen LogP contribution in [0.25, 0.3) is 0 Å². The van der Waals surface area contributed by atoms with Gasteiger partial charge >= 0.3 is 0 Å². The van der Waals surface area contributed by atoms with E-state index in [-0.39, 0.29) is 6.04 Å². The van der Waals surface area contributed by atoms with E-state index in [2.05, 4.69) is 32.7 Å². The van der Waals surface area contributed by atoms with Crippen LogP contribution in [0.5, 0.6) is 0 Å². The van der Waals surface area contributed by atoms with E-state index < -0.39 is 0 Å². The van der Waals surface area contributed by atoms with E-state index in [1.807, 2.05) is 37.3 Å². The molecule has 0 radical (unpaired) electrons. The highest BCUT2D eigenvalue weighted by Crippen LogP contribution is 2.21. The van der Waals surface area contributed by atoms with Crippen LogP contribution in [0.15, 0.2) is 59.5 Å². The number of aromatic nitrogens is 3. The number of hydrogen-bond acceptors (Lipinski definition) is 5. The van der Waals surface area contributed by atoms with Gasteiger partial charge in [-0.1, -0.05) is 40.6 Å². The maximum atomic E-state index is 4.74. The molecule has 0 fully saturated rings. The molecular formula is C16H16N4O. The fourth-order valence-corrected chi connectivity index (χ4v) is 2.24. The molecule has 0 aliphatic heterocycles. The SMILES string of the molecule is Cc1nonc1CNC(c1ccccc1)c1ccncc1. The topological polar surface area (TPSA) is 63.8 Å². The summed E-state index contributed by atoms with van der Waals surface area (Å²) in [6.45, 7) is 2.48. The Hall–Kier alpha value is -2.53. The van der Waals surface area contributed by atoms with Gasteiger partial charge in [-0.25, -0.2) is 4.63 Å². The molecule has 0 amide bonds. The van der Waals surface area contributed by atoms with E-state index in [1.165, 1.54) is 5.56 Å². The fraction of sp³-hybridized carbons (Fsp3) is 0.188. The second kappa shape index (κ2) is 6.28. The van der Waals surface area contributed by atoms with Crippen LogP contribution in [0.1, 0.15) is 28.6 Å². The van der Waals surface area contributed by atoms with Crippen LogP contribution in [-0.4, -0.2) is 15.3 Å². The van der Waals surface area contributed by atoms with Crippen molar-refractivity contribution in [2.75, 3.05) is 0 Å². The molecule has 5 heteroatoms. The zero-order valence-electron chi connectivity index (χ0n) is 11.7. The summed E-state index contributed by atoms with van der Waals surface area (Å²) >= 11 is 0. The highest BCUT2D eigenvalue weighted by atomic mass is 16.6. The molecule has 2 aromatic heterocycles. The molecule has 1 unspecified atom stereocenters. The summed E-state index contributed by atoms with van der Waals surface area (Å²) in [5, 5.41) is 11.2. The normalized spacial score (nSPS) is 12.2. The molecule has 0 bridgehead atoms. The second-order valence-corrected chi connectivity index (χ2v) is 4.80. The zero-order valence-corrected chi connectivity index (χ0v) is 11.7. The molecule has 21 heavy (non-hydrogen) atoms. The number of rotatable bonds is 5. The van der Waals surface area contributed by atoms with Gasteiger partial charge in [0.15, 0.2) is 0 Å². The first-order valence-electron chi connectivity index (χ1n) is 6.81. The van der Waals surface area contributed by atoms with E-state index in [4.69, 9.17) is 4.63 Å². The number of nitrogens with zero attached hydrogens (tertiary/aromatic N) is 3. The van der Waals surface area contributed by atoms with E-state index in [1.54, 1.807) is 12.4 Å². The highest BCUT2D eigenvalue weighted by Gasteiger charge is 2.15. The fourth-order valence-electron chi connectivity index (χ4n) is 2.24. The molecule has 0 aliphatic rings. The van der Waals surface area contributed by atoms with Gasteiger partial charge in [-0.05, 0) is 30.2 Å². The molecule has 5 nitrogen and oxygen atoms in total. The quantitative estimate of drug-likeness (QED) is 0.778. The molecule has 0 aliphatic carbocycles. The number of aryl methyl sites for hydroxylation is 1. The van der Waals surface area contributed by atoms with Crippen LogP contribution in [0.3, 0.4) is 0 Å². The monoisotopic (exact) mass is 280 g/mol. The van der Waals surface area contributed by atoms with Crippen molar-refractivity contribution >= 4 is 0 Å². The van der Waals surface area contributed by atoms with Crippen molar-refractivity contribution in [3.63, 3.8) is 0 Å². The first-order valence-corrected chi connectivity index (χ1v) is 6.81. The molecule has 3 aromatic rings. The number of pyridine rings is 1. The minimum absolute atomic E-state index is 0.0744. The summed E-state index contributed by atoms with van der Waals surface area (Å²) in [6, 6.07) is 14.4. The van der Waals surface area contributed by atoms with Crippen LogP contribution >= 0.6 is 0 Å². The molecule has 1 aromatic carbocycles. The third-order valence-corrected chi connectivity index (χ3v) is 3.39. The first kappa shape index (κ1) is 13.5. The third-order valence-electron chi connectivity index (χ3n) is 3.39. The summed E-state index contributed by atoms with van der Waals surface area (Å²) in [6.07, 6.45) is 3.60. The minimum Gasteiger partial charge on any atom is -0.300 e. The van der Waals surface area contributed by atoms with Gasteiger partial charge in [0.05, 0.1) is 6.04 Å². The Balaban J connectivity index is 1.85. The summed E-state index contributed by atoms with van der Waals surface area (Å²) < 4.78 is 4.74. The average molecular weight is 280 g/mol.